The van der Waals surface area contributed by atoms with Crippen LogP contribution in [0.2, 0.25) is 0 Å². The molecule has 47 heavy (non-hydrogen) atoms. The molecular weight excluding hydrogens is 689 g/mol. The third-order valence-electron chi connectivity index (χ3n) is 7.56. The number of amides is 2. The van der Waals surface area contributed by atoms with Crippen LogP contribution < -0.4 is 19.1 Å². The maximum atomic E-state index is 14.5. The summed E-state index contributed by atoms with van der Waals surface area (Å²) in [4.78, 5) is 29.5. The first kappa shape index (κ1) is 33.9. The van der Waals surface area contributed by atoms with E-state index in [1.165, 1.54) is 35.2 Å². The Morgan fingerprint density at radius 3 is 2.30 bits per heavy atom. The monoisotopic (exact) mass is 723 g/mol. The molecule has 0 aromatic heterocycles. The van der Waals surface area contributed by atoms with Crippen LogP contribution in [0.25, 0.3) is 0 Å². The van der Waals surface area contributed by atoms with Crippen LogP contribution in [-0.2, 0) is 32.6 Å². The summed E-state index contributed by atoms with van der Waals surface area (Å²) in [6, 6.07) is 24.8. The first-order valence-electron chi connectivity index (χ1n) is 15.2. The van der Waals surface area contributed by atoms with E-state index in [4.69, 9.17) is 9.47 Å². The van der Waals surface area contributed by atoms with E-state index in [-0.39, 0.29) is 41.8 Å². The fraction of sp³-hybridized carbons (Fsp3) is 0.257. The van der Waals surface area contributed by atoms with E-state index in [9.17, 15) is 22.4 Å². The summed E-state index contributed by atoms with van der Waals surface area (Å²) < 4.78 is 55.5. The fourth-order valence-corrected chi connectivity index (χ4v) is 7.08. The van der Waals surface area contributed by atoms with E-state index >= 15 is 0 Å². The molecule has 12 heteroatoms. The largest absolute Gasteiger partial charge is 0.486 e. The zero-order valence-corrected chi connectivity index (χ0v) is 28.2. The standard InChI is InChI=1S/C35H35BrFN3O6S/c1-2-17-38-35(42)31(21-25-7-4-3-5-8-25)39(23-26-9-6-10-27(36)20-26)34(41)24-40(29-13-11-28(37)12-14-29)47(43,44)30-15-16-32-33(22-30)46-19-18-45-32/h3-16,20,22,31H,2,17-19,21,23-24H2,1H3,(H,38,42)/t31-/m1/s1. The van der Waals surface area contributed by atoms with Gasteiger partial charge in [0.25, 0.3) is 10.0 Å². The van der Waals surface area contributed by atoms with E-state index in [2.05, 4.69) is 21.2 Å². The van der Waals surface area contributed by atoms with E-state index in [1.54, 1.807) is 0 Å². The minimum atomic E-state index is -4.41. The minimum absolute atomic E-state index is 0.0245. The summed E-state index contributed by atoms with van der Waals surface area (Å²) in [5.74, 6) is -0.884. The maximum absolute atomic E-state index is 14.5. The van der Waals surface area contributed by atoms with E-state index in [1.807, 2.05) is 61.5 Å². The summed E-state index contributed by atoms with van der Waals surface area (Å²) >= 11 is 3.48. The molecule has 1 aliphatic heterocycles. The van der Waals surface area contributed by atoms with Gasteiger partial charge in [-0.15, -0.1) is 0 Å². The number of hydrogen-bond donors (Lipinski definition) is 1. The molecule has 0 aliphatic carbocycles. The molecule has 1 heterocycles. The van der Waals surface area contributed by atoms with Crippen LogP contribution >= 0.6 is 15.9 Å². The Bertz CT molecular complexity index is 1810. The van der Waals surface area contributed by atoms with Gasteiger partial charge in [-0.25, -0.2) is 12.8 Å². The molecule has 1 atom stereocenters. The van der Waals surface area contributed by atoms with Crippen molar-refractivity contribution in [2.45, 2.75) is 37.2 Å². The Balaban J connectivity index is 1.57. The maximum Gasteiger partial charge on any atom is 0.264 e. The van der Waals surface area contributed by atoms with Gasteiger partial charge in [0, 0.05) is 30.0 Å². The van der Waals surface area contributed by atoms with E-state index < -0.39 is 34.3 Å². The van der Waals surface area contributed by atoms with Crippen molar-refractivity contribution in [3.8, 4) is 11.5 Å². The van der Waals surface area contributed by atoms with Crippen LogP contribution in [0.4, 0.5) is 10.1 Å². The van der Waals surface area contributed by atoms with Gasteiger partial charge in [0.2, 0.25) is 11.8 Å². The number of benzene rings is 4. The highest BCUT2D eigenvalue weighted by atomic mass is 79.9. The number of anilines is 1. The number of ether oxygens (including phenoxy) is 2. The molecule has 0 spiro atoms. The van der Waals surface area contributed by atoms with Gasteiger partial charge < -0.3 is 19.7 Å². The Morgan fingerprint density at radius 1 is 0.894 bits per heavy atom. The number of carbonyl (C=O) groups is 2. The van der Waals surface area contributed by atoms with Gasteiger partial charge >= 0.3 is 0 Å². The zero-order chi connectivity index (χ0) is 33.4. The molecular formula is C35H35BrFN3O6S. The molecule has 0 unspecified atom stereocenters. The minimum Gasteiger partial charge on any atom is -0.486 e. The summed E-state index contributed by atoms with van der Waals surface area (Å²) in [6.07, 6.45) is 0.886. The van der Waals surface area contributed by atoms with Gasteiger partial charge in [0.05, 0.1) is 10.6 Å². The Morgan fingerprint density at radius 2 is 1.60 bits per heavy atom. The second-order valence-corrected chi connectivity index (χ2v) is 13.7. The third kappa shape index (κ3) is 8.49. The molecule has 0 saturated heterocycles. The topological polar surface area (TPSA) is 105 Å². The molecule has 0 bridgehead atoms. The first-order valence-corrected chi connectivity index (χ1v) is 17.4. The van der Waals surface area contributed by atoms with Crippen LogP contribution in [0, 0.1) is 5.82 Å². The van der Waals surface area contributed by atoms with Crippen LogP contribution in [0.15, 0.2) is 106 Å². The summed E-state index contributed by atoms with van der Waals surface area (Å²) in [5, 5.41) is 2.92. The van der Waals surface area contributed by atoms with Crippen molar-refractivity contribution in [1.29, 1.82) is 0 Å². The highest BCUT2D eigenvalue weighted by Crippen LogP contribution is 2.34. The normalized spacial score (nSPS) is 13.0. The van der Waals surface area contributed by atoms with Crippen LogP contribution in [0.3, 0.4) is 0 Å². The predicted molar refractivity (Wildman–Crippen MR) is 180 cm³/mol. The summed E-state index contributed by atoms with van der Waals surface area (Å²) in [5.41, 5.74) is 1.64. The van der Waals surface area contributed by atoms with Crippen LogP contribution in [0.1, 0.15) is 24.5 Å². The number of nitrogens with zero attached hydrogens (tertiary/aromatic N) is 2. The number of fused-ring (bicyclic) bond motifs is 1. The third-order valence-corrected chi connectivity index (χ3v) is 9.82. The van der Waals surface area contributed by atoms with Crippen molar-refractivity contribution in [1.82, 2.24) is 10.2 Å². The Labute approximate surface area is 282 Å². The van der Waals surface area contributed by atoms with E-state index in [0.717, 1.165) is 32.0 Å². The number of halogens is 2. The molecule has 246 valence electrons. The van der Waals surface area contributed by atoms with Crippen molar-refractivity contribution in [2.75, 3.05) is 30.6 Å². The lowest BCUT2D eigenvalue weighted by atomic mass is 10.0. The zero-order valence-electron chi connectivity index (χ0n) is 25.8. The van der Waals surface area contributed by atoms with Gasteiger partial charge in [-0.1, -0.05) is 65.3 Å². The van der Waals surface area contributed by atoms with Crippen molar-refractivity contribution >= 4 is 43.5 Å². The molecule has 0 saturated carbocycles. The van der Waals surface area contributed by atoms with Crippen molar-refractivity contribution in [3.05, 3.63) is 118 Å². The van der Waals surface area contributed by atoms with Crippen molar-refractivity contribution in [3.63, 3.8) is 0 Å². The molecule has 4 aromatic carbocycles. The molecule has 0 fully saturated rings. The number of sulfonamides is 1. The highest BCUT2D eigenvalue weighted by Gasteiger charge is 2.35. The lowest BCUT2D eigenvalue weighted by Gasteiger charge is -2.34. The predicted octanol–water partition coefficient (Wildman–Crippen LogP) is 5.72. The van der Waals surface area contributed by atoms with Crippen LogP contribution in [0.5, 0.6) is 11.5 Å². The molecule has 9 nitrogen and oxygen atoms in total. The number of nitrogens with one attached hydrogen (secondary N) is 1. The lowest BCUT2D eigenvalue weighted by molar-refractivity contribution is -0.140. The Hall–Kier alpha value is -4.42. The average molecular weight is 725 g/mol. The van der Waals surface area contributed by atoms with Crippen molar-refractivity contribution in [2.24, 2.45) is 0 Å². The van der Waals surface area contributed by atoms with E-state index in [0.29, 0.717) is 25.3 Å². The SMILES string of the molecule is CCCNC(=O)[C@@H](Cc1ccccc1)N(Cc1cccc(Br)c1)C(=O)CN(c1ccc(F)cc1)S(=O)(=O)c1ccc2c(c1)OCCO2. The van der Waals surface area contributed by atoms with Gasteiger partial charge in [0.15, 0.2) is 11.5 Å². The van der Waals surface area contributed by atoms with Crippen molar-refractivity contribution < 1.29 is 31.9 Å². The molecule has 2 amide bonds. The number of rotatable bonds is 13. The van der Waals surface area contributed by atoms with Gasteiger partial charge in [-0.05, 0) is 66.1 Å². The highest BCUT2D eigenvalue weighted by molar-refractivity contribution is 9.10. The second-order valence-electron chi connectivity index (χ2n) is 10.9. The van der Waals surface area contributed by atoms with Gasteiger partial charge in [-0.2, -0.15) is 0 Å². The molecule has 0 radical (unpaired) electrons. The first-order chi connectivity index (χ1) is 22.7. The summed E-state index contributed by atoms with van der Waals surface area (Å²) in [6.45, 7) is 2.28. The smallest absolute Gasteiger partial charge is 0.264 e. The quantitative estimate of drug-likeness (QED) is 0.189. The molecule has 4 aromatic rings. The number of hydrogen-bond acceptors (Lipinski definition) is 6. The Kier molecular flexibility index (Phi) is 11.2. The number of carbonyl (C=O) groups excluding carboxylic acids is 2. The second kappa shape index (κ2) is 15.4. The average Bonchev–Trinajstić information content (AvgIpc) is 3.08. The lowest BCUT2D eigenvalue weighted by Crippen LogP contribution is -2.53. The summed E-state index contributed by atoms with van der Waals surface area (Å²) in [7, 11) is -4.41. The molecule has 1 N–H and O–H groups in total. The molecule has 1 aliphatic rings. The van der Waals surface area contributed by atoms with Crippen LogP contribution in [-0.4, -0.2) is 57.5 Å². The molecule has 5 rings (SSSR count). The van der Waals surface area contributed by atoms with Gasteiger partial charge in [-0.3, -0.25) is 13.9 Å². The fourth-order valence-electron chi connectivity index (χ4n) is 5.20. The van der Waals surface area contributed by atoms with Gasteiger partial charge in [0.1, 0.15) is 31.6 Å².